The lowest BCUT2D eigenvalue weighted by atomic mass is 10.1. The van der Waals surface area contributed by atoms with Crippen molar-refractivity contribution in [1.29, 1.82) is 0 Å². The summed E-state index contributed by atoms with van der Waals surface area (Å²) in [6, 6.07) is 7.97. The number of ether oxygens (including phenoxy) is 1. The number of anilines is 1. The van der Waals surface area contributed by atoms with Gasteiger partial charge in [-0.25, -0.2) is 4.39 Å². The van der Waals surface area contributed by atoms with E-state index in [1.54, 1.807) is 4.90 Å². The fraction of sp³-hybridized carbons (Fsp3) is 0.370. The molecule has 1 saturated heterocycles. The molecule has 10 nitrogen and oxygen atoms in total. The van der Waals surface area contributed by atoms with E-state index in [1.807, 2.05) is 0 Å². The summed E-state index contributed by atoms with van der Waals surface area (Å²) >= 11 is 0. The van der Waals surface area contributed by atoms with Crippen LogP contribution in [0.1, 0.15) is 37.7 Å². The lowest BCUT2D eigenvalue weighted by Crippen LogP contribution is -2.33. The molecule has 2 aliphatic heterocycles. The van der Waals surface area contributed by atoms with Crippen molar-refractivity contribution in [3.63, 3.8) is 0 Å². The Balaban J connectivity index is 1.35. The number of pyridine rings is 1. The summed E-state index contributed by atoms with van der Waals surface area (Å²) in [6.45, 7) is 1.48. The van der Waals surface area contributed by atoms with Crippen molar-refractivity contribution in [1.82, 2.24) is 9.47 Å². The van der Waals surface area contributed by atoms with Crippen LogP contribution in [0.5, 0.6) is 11.5 Å². The number of hydrogen-bond donors (Lipinski definition) is 2. The highest BCUT2D eigenvalue weighted by Crippen LogP contribution is 2.36. The number of hydrogen-bond acceptors (Lipinski definition) is 7. The van der Waals surface area contributed by atoms with E-state index in [0.29, 0.717) is 31.1 Å². The number of carbonyl (C=O) groups excluding carboxylic acids is 1. The lowest BCUT2D eigenvalue weighted by molar-refractivity contribution is -0.132. The summed E-state index contributed by atoms with van der Waals surface area (Å²) < 4.78 is 51.3. The standard InChI is InChI=1S/C27H27FN4O6S/c28-17-5-8-21-19(13-17)25(34)24(27(35)32(21)12-9-16-3-4-16)26-29-20-7-6-18(14-22(20)39(36,37)30-26)38-15-23(33)31-10-1-2-11-31/h5-8,13-14,16,34H,1-4,9-12,15H2,(H,29,30). The molecule has 2 fully saturated rings. The van der Waals surface area contributed by atoms with E-state index >= 15 is 0 Å². The van der Waals surface area contributed by atoms with Gasteiger partial charge in [-0.15, -0.1) is 4.40 Å². The van der Waals surface area contributed by atoms with Gasteiger partial charge in [-0.1, -0.05) is 12.8 Å². The third-order valence-corrected chi connectivity index (χ3v) is 8.73. The zero-order valence-corrected chi connectivity index (χ0v) is 21.8. The molecule has 6 rings (SSSR count). The number of benzene rings is 2. The molecular weight excluding hydrogens is 527 g/mol. The quantitative estimate of drug-likeness (QED) is 0.459. The topological polar surface area (TPSA) is 130 Å². The molecule has 2 aromatic carbocycles. The average Bonchev–Trinajstić information content (AvgIpc) is 3.56. The fourth-order valence-electron chi connectivity index (χ4n) is 5.11. The second-order valence-electron chi connectivity index (χ2n) is 10.1. The highest BCUT2D eigenvalue weighted by atomic mass is 32.2. The largest absolute Gasteiger partial charge is 0.506 e. The van der Waals surface area contributed by atoms with Gasteiger partial charge in [-0.2, -0.15) is 8.42 Å². The minimum Gasteiger partial charge on any atom is -0.506 e. The molecule has 0 unspecified atom stereocenters. The molecule has 0 radical (unpaired) electrons. The lowest BCUT2D eigenvalue weighted by Gasteiger charge is -2.21. The van der Waals surface area contributed by atoms with E-state index in [2.05, 4.69) is 9.71 Å². The number of aromatic hydroxyl groups is 1. The predicted molar refractivity (Wildman–Crippen MR) is 142 cm³/mol. The molecule has 0 spiro atoms. The van der Waals surface area contributed by atoms with E-state index in [4.69, 9.17) is 4.74 Å². The Morgan fingerprint density at radius 2 is 1.92 bits per heavy atom. The van der Waals surface area contributed by atoms with Gasteiger partial charge in [0.2, 0.25) is 0 Å². The number of nitrogens with one attached hydrogen (secondary N) is 1. The van der Waals surface area contributed by atoms with Crippen molar-refractivity contribution >= 4 is 38.4 Å². The van der Waals surface area contributed by atoms with Gasteiger partial charge in [0.05, 0.1) is 11.2 Å². The van der Waals surface area contributed by atoms with Crippen LogP contribution in [-0.2, 0) is 21.4 Å². The van der Waals surface area contributed by atoms with Gasteiger partial charge >= 0.3 is 0 Å². The number of amidine groups is 1. The van der Waals surface area contributed by atoms with Crippen molar-refractivity contribution in [2.45, 2.75) is 43.5 Å². The molecule has 204 valence electrons. The van der Waals surface area contributed by atoms with Gasteiger partial charge in [-0.3, -0.25) is 9.59 Å². The molecular formula is C27H27FN4O6S. The average molecular weight is 555 g/mol. The smallest absolute Gasteiger partial charge is 0.286 e. The highest BCUT2D eigenvalue weighted by molar-refractivity contribution is 7.90. The van der Waals surface area contributed by atoms with Gasteiger partial charge in [0.15, 0.2) is 12.4 Å². The number of nitrogens with zero attached hydrogens (tertiary/aromatic N) is 3. The second-order valence-corrected chi connectivity index (χ2v) is 11.7. The molecule has 1 saturated carbocycles. The van der Waals surface area contributed by atoms with Gasteiger partial charge < -0.3 is 24.6 Å². The molecule has 3 aliphatic rings. The van der Waals surface area contributed by atoms with Crippen LogP contribution in [0.25, 0.3) is 10.9 Å². The number of halogens is 1. The van der Waals surface area contributed by atoms with Crippen LogP contribution < -0.4 is 15.6 Å². The number of sulfonamides is 1. The first-order valence-corrected chi connectivity index (χ1v) is 14.4. The normalized spacial score (nSPS) is 18.0. The molecule has 3 aromatic rings. The third-order valence-electron chi connectivity index (χ3n) is 7.41. The van der Waals surface area contributed by atoms with Gasteiger partial charge in [0, 0.05) is 31.1 Å². The van der Waals surface area contributed by atoms with Crippen molar-refractivity contribution < 1.29 is 27.4 Å². The van der Waals surface area contributed by atoms with E-state index < -0.39 is 27.1 Å². The fourth-order valence-corrected chi connectivity index (χ4v) is 6.24. The summed E-state index contributed by atoms with van der Waals surface area (Å²) in [4.78, 5) is 27.4. The number of carbonyl (C=O) groups is 1. The van der Waals surface area contributed by atoms with Crippen molar-refractivity contribution in [3.05, 3.63) is 58.1 Å². The summed E-state index contributed by atoms with van der Waals surface area (Å²) in [5.74, 6) is -1.01. The molecule has 39 heavy (non-hydrogen) atoms. The molecule has 1 aromatic heterocycles. The third kappa shape index (κ3) is 4.84. The SMILES string of the molecule is O=C(COc1ccc2c(c1)S(=O)(=O)N=C(c1c(O)c3cc(F)ccc3n(CCC3CC3)c1=O)N2)N1CCCC1. The highest BCUT2D eigenvalue weighted by Gasteiger charge is 2.31. The summed E-state index contributed by atoms with van der Waals surface area (Å²) in [6.07, 6.45) is 4.78. The van der Waals surface area contributed by atoms with Crippen LogP contribution in [0.15, 0.2) is 50.5 Å². The number of fused-ring (bicyclic) bond motifs is 2. The molecule has 1 amide bonds. The first kappa shape index (κ1) is 25.4. The Morgan fingerprint density at radius 3 is 2.67 bits per heavy atom. The van der Waals surface area contributed by atoms with E-state index in [9.17, 15) is 27.5 Å². The van der Waals surface area contributed by atoms with Crippen LogP contribution in [0.2, 0.25) is 0 Å². The van der Waals surface area contributed by atoms with Gasteiger partial charge in [0.25, 0.3) is 21.5 Å². The van der Waals surface area contributed by atoms with Gasteiger partial charge in [-0.05, 0) is 55.5 Å². The zero-order valence-electron chi connectivity index (χ0n) is 21.0. The second kappa shape index (κ2) is 9.67. The molecule has 1 aliphatic carbocycles. The Hall–Kier alpha value is -3.93. The Kier molecular flexibility index (Phi) is 6.29. The van der Waals surface area contributed by atoms with Crippen LogP contribution in [-0.4, -0.2) is 54.4 Å². The Morgan fingerprint density at radius 1 is 1.15 bits per heavy atom. The van der Waals surface area contributed by atoms with Gasteiger partial charge in [0.1, 0.15) is 27.8 Å². The first-order chi connectivity index (χ1) is 18.7. The van der Waals surface area contributed by atoms with E-state index in [0.717, 1.165) is 38.2 Å². The van der Waals surface area contributed by atoms with Crippen LogP contribution in [0, 0.1) is 11.7 Å². The molecule has 2 N–H and O–H groups in total. The molecule has 0 bridgehead atoms. The van der Waals surface area contributed by atoms with Crippen LogP contribution in [0.3, 0.4) is 0 Å². The predicted octanol–water partition coefficient (Wildman–Crippen LogP) is 3.21. The molecule has 0 atom stereocenters. The minimum atomic E-state index is -4.32. The summed E-state index contributed by atoms with van der Waals surface area (Å²) in [5.41, 5.74) is -0.499. The zero-order chi connectivity index (χ0) is 27.3. The number of likely N-dealkylation sites (tertiary alicyclic amines) is 1. The Bertz CT molecular complexity index is 1690. The summed E-state index contributed by atoms with van der Waals surface area (Å²) in [5, 5.41) is 14.0. The number of aryl methyl sites for hydroxylation is 1. The van der Waals surface area contributed by atoms with Crippen molar-refractivity contribution in [3.8, 4) is 11.5 Å². The summed E-state index contributed by atoms with van der Waals surface area (Å²) in [7, 11) is -4.32. The van der Waals surface area contributed by atoms with E-state index in [-0.39, 0.29) is 45.6 Å². The maximum atomic E-state index is 14.1. The Labute approximate surface area is 223 Å². The van der Waals surface area contributed by atoms with Crippen LogP contribution >= 0.6 is 0 Å². The maximum absolute atomic E-state index is 14.1. The van der Waals surface area contributed by atoms with E-state index in [1.165, 1.54) is 34.9 Å². The monoisotopic (exact) mass is 554 g/mol. The molecule has 3 heterocycles. The maximum Gasteiger partial charge on any atom is 0.286 e. The molecule has 12 heteroatoms. The first-order valence-electron chi connectivity index (χ1n) is 12.9. The number of amides is 1. The van der Waals surface area contributed by atoms with Crippen molar-refractivity contribution in [2.24, 2.45) is 10.3 Å². The minimum absolute atomic E-state index is 0.0829. The van der Waals surface area contributed by atoms with Crippen molar-refractivity contribution in [2.75, 3.05) is 25.0 Å². The number of rotatable bonds is 7. The van der Waals surface area contributed by atoms with Crippen LogP contribution in [0.4, 0.5) is 10.1 Å². The number of aromatic nitrogens is 1.